The first kappa shape index (κ1) is 26.9. The average Bonchev–Trinajstić information content (AvgIpc) is 3.31. The molecule has 0 amide bonds. The highest BCUT2D eigenvalue weighted by atomic mass is 35.5. The molecule has 12 heteroatoms. The lowest BCUT2D eigenvalue weighted by molar-refractivity contribution is -0.384. The molecule has 0 saturated heterocycles. The van der Waals surface area contributed by atoms with Crippen LogP contribution in [-0.2, 0) is 17.7 Å². The highest BCUT2D eigenvalue weighted by Gasteiger charge is 2.18. The van der Waals surface area contributed by atoms with Crippen molar-refractivity contribution in [2.45, 2.75) is 19.4 Å². The van der Waals surface area contributed by atoms with Crippen molar-refractivity contribution in [3.8, 4) is 11.1 Å². The minimum atomic E-state index is -0.583. The Labute approximate surface area is 228 Å². The quantitative estimate of drug-likeness (QED) is 0.105. The molecule has 10 nitrogen and oxygen atoms in total. The number of nitro groups is 1. The Bertz CT molecular complexity index is 1450. The summed E-state index contributed by atoms with van der Waals surface area (Å²) in [6, 6.07) is 13.5. The van der Waals surface area contributed by atoms with Gasteiger partial charge in [-0.15, -0.1) is 0 Å². The Morgan fingerprint density at radius 3 is 2.74 bits per heavy atom. The predicted molar refractivity (Wildman–Crippen MR) is 147 cm³/mol. The number of nitrogens with zero attached hydrogens (tertiary/aromatic N) is 4. The van der Waals surface area contributed by atoms with Gasteiger partial charge in [0.05, 0.1) is 11.5 Å². The van der Waals surface area contributed by atoms with Crippen LogP contribution >= 0.6 is 23.2 Å². The van der Waals surface area contributed by atoms with E-state index in [2.05, 4.69) is 15.3 Å². The SMILES string of the molecule is Nc1nc(NCCCn2cc(-c3ccc(Cl)cc3Cl)cc2C(=O)OCCc2cccnc2)ccc1[N+](=O)[O-]. The largest absolute Gasteiger partial charge is 0.461 e. The molecule has 0 fully saturated rings. The van der Waals surface area contributed by atoms with E-state index in [1.807, 2.05) is 22.9 Å². The topological polar surface area (TPSA) is 138 Å². The fourth-order valence-corrected chi connectivity index (χ4v) is 4.32. The number of pyridine rings is 2. The summed E-state index contributed by atoms with van der Waals surface area (Å²) in [5, 5.41) is 15.0. The number of ether oxygens (including phenoxy) is 1. The summed E-state index contributed by atoms with van der Waals surface area (Å²) in [6.45, 7) is 1.17. The van der Waals surface area contributed by atoms with Crippen molar-refractivity contribution < 1.29 is 14.5 Å². The van der Waals surface area contributed by atoms with Gasteiger partial charge >= 0.3 is 11.7 Å². The number of nitrogen functional groups attached to an aromatic ring is 1. The summed E-state index contributed by atoms with van der Waals surface area (Å²) in [6.07, 6.45) is 6.42. The molecular formula is C26H24Cl2N6O4. The van der Waals surface area contributed by atoms with Gasteiger partial charge in [0.25, 0.3) is 0 Å². The highest BCUT2D eigenvalue weighted by molar-refractivity contribution is 6.36. The van der Waals surface area contributed by atoms with Crippen molar-refractivity contribution in [3.05, 3.63) is 98.5 Å². The van der Waals surface area contributed by atoms with Gasteiger partial charge in [-0.05, 0) is 42.3 Å². The van der Waals surface area contributed by atoms with Crippen LogP contribution in [0, 0.1) is 10.1 Å². The average molecular weight is 555 g/mol. The summed E-state index contributed by atoms with van der Waals surface area (Å²) >= 11 is 12.5. The van der Waals surface area contributed by atoms with E-state index in [1.165, 1.54) is 12.1 Å². The molecule has 0 spiro atoms. The molecule has 4 aromatic rings. The Hall–Kier alpha value is -4.15. The molecule has 0 saturated carbocycles. The molecule has 0 bridgehead atoms. The lowest BCUT2D eigenvalue weighted by Gasteiger charge is -2.10. The first-order chi connectivity index (χ1) is 18.3. The number of anilines is 2. The van der Waals surface area contributed by atoms with Crippen LogP contribution in [0.25, 0.3) is 11.1 Å². The molecule has 1 aromatic carbocycles. The van der Waals surface area contributed by atoms with E-state index in [1.54, 1.807) is 36.7 Å². The number of carbonyl (C=O) groups excluding carboxylic acids is 1. The number of nitrogens with two attached hydrogens (primary N) is 1. The number of hydrogen-bond donors (Lipinski definition) is 2. The molecule has 0 aliphatic rings. The third kappa shape index (κ3) is 6.78. The summed E-state index contributed by atoms with van der Waals surface area (Å²) in [5.74, 6) is -0.196. The molecule has 0 unspecified atom stereocenters. The van der Waals surface area contributed by atoms with E-state index < -0.39 is 10.9 Å². The van der Waals surface area contributed by atoms with E-state index in [-0.39, 0.29) is 18.1 Å². The molecule has 0 aliphatic heterocycles. The molecule has 3 heterocycles. The van der Waals surface area contributed by atoms with Crippen LogP contribution < -0.4 is 11.1 Å². The van der Waals surface area contributed by atoms with Gasteiger partial charge in [0.1, 0.15) is 11.5 Å². The molecule has 0 aliphatic carbocycles. The monoisotopic (exact) mass is 554 g/mol. The lowest BCUT2D eigenvalue weighted by atomic mass is 10.1. The molecule has 38 heavy (non-hydrogen) atoms. The maximum absolute atomic E-state index is 13.0. The normalized spacial score (nSPS) is 10.8. The second kappa shape index (κ2) is 12.4. The summed E-state index contributed by atoms with van der Waals surface area (Å²) in [5.41, 5.74) is 8.25. The van der Waals surface area contributed by atoms with Gasteiger partial charge in [-0.2, -0.15) is 0 Å². The van der Waals surface area contributed by atoms with E-state index >= 15 is 0 Å². The van der Waals surface area contributed by atoms with Gasteiger partial charge in [-0.25, -0.2) is 9.78 Å². The van der Waals surface area contributed by atoms with Crippen molar-refractivity contribution in [1.82, 2.24) is 14.5 Å². The van der Waals surface area contributed by atoms with Crippen LogP contribution in [0.4, 0.5) is 17.3 Å². The van der Waals surface area contributed by atoms with Gasteiger partial charge in [0.15, 0.2) is 0 Å². The zero-order chi connectivity index (χ0) is 27.1. The van der Waals surface area contributed by atoms with Crippen molar-refractivity contribution in [2.24, 2.45) is 0 Å². The zero-order valence-electron chi connectivity index (χ0n) is 20.1. The first-order valence-electron chi connectivity index (χ1n) is 11.7. The predicted octanol–water partition coefficient (Wildman–Crippen LogP) is 5.64. The number of hydrogen-bond acceptors (Lipinski definition) is 8. The number of benzene rings is 1. The van der Waals surface area contributed by atoms with Crippen molar-refractivity contribution in [2.75, 3.05) is 24.2 Å². The number of aromatic nitrogens is 3. The summed E-state index contributed by atoms with van der Waals surface area (Å²) < 4.78 is 7.37. The maximum Gasteiger partial charge on any atom is 0.354 e. The third-order valence-corrected chi connectivity index (χ3v) is 6.22. The number of aryl methyl sites for hydroxylation is 1. The van der Waals surface area contributed by atoms with Gasteiger partial charge < -0.3 is 20.4 Å². The molecule has 0 atom stereocenters. The molecule has 3 aromatic heterocycles. The molecule has 3 N–H and O–H groups in total. The minimum Gasteiger partial charge on any atom is -0.461 e. The maximum atomic E-state index is 13.0. The first-order valence-corrected chi connectivity index (χ1v) is 12.4. The van der Waals surface area contributed by atoms with Crippen LogP contribution in [0.15, 0.2) is 67.1 Å². The number of nitrogens with one attached hydrogen (secondary N) is 1. The van der Waals surface area contributed by atoms with Gasteiger partial charge in [-0.3, -0.25) is 15.1 Å². The summed E-state index contributed by atoms with van der Waals surface area (Å²) in [4.78, 5) is 31.4. The Kier molecular flexibility index (Phi) is 8.77. The molecule has 0 radical (unpaired) electrons. The fourth-order valence-electron chi connectivity index (χ4n) is 3.80. The van der Waals surface area contributed by atoms with E-state index in [0.29, 0.717) is 47.5 Å². The number of carbonyl (C=O) groups is 1. The highest BCUT2D eigenvalue weighted by Crippen LogP contribution is 2.32. The van der Waals surface area contributed by atoms with Gasteiger partial charge in [0.2, 0.25) is 5.82 Å². The number of esters is 1. The number of halogens is 2. The Balaban J connectivity index is 1.45. The second-order valence-corrected chi connectivity index (χ2v) is 9.16. The Morgan fingerprint density at radius 1 is 1.18 bits per heavy atom. The van der Waals surface area contributed by atoms with Crippen LogP contribution in [0.2, 0.25) is 10.0 Å². The van der Waals surface area contributed by atoms with Gasteiger partial charge in [0, 0.05) is 65.3 Å². The standard InChI is InChI=1S/C26H24Cl2N6O4/c27-19-4-5-20(21(28)14-19)18-13-23(26(35)38-12-8-17-3-1-9-30-15-17)33(16-18)11-2-10-31-24-7-6-22(34(36)37)25(29)32-24/h1,3-7,9,13-16H,2,8,10-12H2,(H3,29,31,32). The van der Waals surface area contributed by atoms with E-state index in [0.717, 1.165) is 16.7 Å². The Morgan fingerprint density at radius 2 is 2.03 bits per heavy atom. The summed E-state index contributed by atoms with van der Waals surface area (Å²) in [7, 11) is 0. The van der Waals surface area contributed by atoms with Gasteiger partial charge in [-0.1, -0.05) is 35.3 Å². The van der Waals surface area contributed by atoms with Crippen LogP contribution in [0.1, 0.15) is 22.5 Å². The second-order valence-electron chi connectivity index (χ2n) is 8.32. The molecule has 4 rings (SSSR count). The van der Waals surface area contributed by atoms with Crippen molar-refractivity contribution in [3.63, 3.8) is 0 Å². The van der Waals surface area contributed by atoms with Crippen molar-refractivity contribution in [1.29, 1.82) is 0 Å². The number of rotatable bonds is 11. The fraction of sp³-hybridized carbons (Fsp3) is 0.192. The van der Waals surface area contributed by atoms with Crippen LogP contribution in [-0.4, -0.2) is 38.6 Å². The van der Waals surface area contributed by atoms with E-state index in [9.17, 15) is 14.9 Å². The third-order valence-electron chi connectivity index (χ3n) is 5.68. The molecule has 196 valence electrons. The van der Waals surface area contributed by atoms with E-state index in [4.69, 9.17) is 33.7 Å². The zero-order valence-corrected chi connectivity index (χ0v) is 21.7. The molecular weight excluding hydrogens is 531 g/mol. The van der Waals surface area contributed by atoms with Crippen LogP contribution in [0.5, 0.6) is 0 Å². The lowest BCUT2D eigenvalue weighted by Crippen LogP contribution is -2.15. The van der Waals surface area contributed by atoms with Crippen molar-refractivity contribution >= 4 is 46.5 Å². The van der Waals surface area contributed by atoms with Crippen LogP contribution in [0.3, 0.4) is 0 Å². The smallest absolute Gasteiger partial charge is 0.354 e. The minimum absolute atomic E-state index is 0.161.